The van der Waals surface area contributed by atoms with Gasteiger partial charge in [0.05, 0.1) is 72.0 Å². The highest BCUT2D eigenvalue weighted by molar-refractivity contribution is 5.98. The lowest BCUT2D eigenvalue weighted by Crippen LogP contribution is -2.61. The van der Waals surface area contributed by atoms with Crippen LogP contribution in [0.25, 0.3) is 0 Å². The lowest BCUT2D eigenvalue weighted by molar-refractivity contribution is -0.136. The minimum absolute atomic E-state index is 0.00812. The number of aryl methyl sites for hydroxylation is 1. The van der Waals surface area contributed by atoms with Gasteiger partial charge in [-0.15, -0.1) is 10.2 Å². The second-order valence-electron chi connectivity index (χ2n) is 26.3. The molecule has 1 rings (SSSR count). The van der Waals surface area contributed by atoms with Crippen LogP contribution in [0, 0.1) is 0 Å². The quantitative estimate of drug-likeness (QED) is 0.0270. The smallest absolute Gasteiger partial charge is 0.246 e. The number of carbonyl (C=O) groups excluding carboxylic acids is 14. The number of ether oxygens (including phenoxy) is 4. The van der Waals surface area contributed by atoms with Crippen molar-refractivity contribution in [1.82, 2.24) is 88.9 Å². The normalized spacial score (nSPS) is 13.4. The molecule has 108 heavy (non-hydrogen) atoms. The minimum atomic E-state index is -1.87. The number of hydrogen-bond donors (Lipinski definition) is 17. The summed E-state index contributed by atoms with van der Waals surface area (Å²) in [5.41, 5.74) is 10.7. The Bertz CT molecular complexity index is 2830. The molecule has 0 saturated heterocycles. The predicted octanol–water partition coefficient (Wildman–Crippen LogP) is -5.70. The second-order valence-corrected chi connectivity index (χ2v) is 26.3. The number of aliphatic hydroxyl groups is 3. The maximum Gasteiger partial charge on any atom is 0.246 e. The third-order valence-corrected chi connectivity index (χ3v) is 16.6. The van der Waals surface area contributed by atoms with Gasteiger partial charge in [0.15, 0.2) is 11.6 Å². The van der Waals surface area contributed by atoms with Crippen molar-refractivity contribution in [3.8, 4) is 0 Å². The van der Waals surface area contributed by atoms with E-state index in [4.69, 9.17) is 30.4 Å². The second kappa shape index (κ2) is 60.4. The Hall–Kier alpha value is -8.51. The monoisotopic (exact) mass is 1540 g/mol. The average molecular weight is 1540 g/mol. The summed E-state index contributed by atoms with van der Waals surface area (Å²) in [6.45, 7) is -0.236. The number of Topliss-reactive ketones (excluding diaryl/α,β-unsaturated/α-hetero) is 1. The maximum absolute atomic E-state index is 14.0. The Balaban J connectivity index is 2.56. The van der Waals surface area contributed by atoms with Crippen LogP contribution in [-0.2, 0) is 92.5 Å². The zero-order valence-electron chi connectivity index (χ0n) is 63.8. The van der Waals surface area contributed by atoms with Crippen LogP contribution in [0.1, 0.15) is 161 Å². The Labute approximate surface area is 631 Å². The highest BCUT2D eigenvalue weighted by Crippen LogP contribution is 2.14. The third-order valence-electron chi connectivity index (χ3n) is 16.6. The van der Waals surface area contributed by atoms with Crippen LogP contribution in [-0.4, -0.2) is 310 Å². The Kier molecular flexibility index (Phi) is 54.5. The molecule has 1 aromatic rings. The number of aromatic amines is 1. The number of rotatable bonds is 67. The van der Waals surface area contributed by atoms with Gasteiger partial charge in [-0.2, -0.15) is 5.21 Å². The number of nitrogens with zero attached hydrogens (tertiary/aromatic N) is 5. The first kappa shape index (κ1) is 97.5. The third kappa shape index (κ3) is 48.0. The molecule has 0 aliphatic heterocycles. The summed E-state index contributed by atoms with van der Waals surface area (Å²) < 4.78 is 21.5. The number of ketones is 1. The fraction of sp³-hybridized carbons (Fsp3) is 0.779. The molecule has 13 amide bonds. The molecule has 0 aliphatic rings. The van der Waals surface area contributed by atoms with Gasteiger partial charge in [-0.3, -0.25) is 72.0 Å². The number of amides is 13. The van der Waals surface area contributed by atoms with Crippen molar-refractivity contribution in [3.63, 3.8) is 0 Å². The molecule has 0 saturated carbocycles. The van der Waals surface area contributed by atoms with Crippen LogP contribution >= 0.6 is 0 Å². The van der Waals surface area contributed by atoms with E-state index < -0.39 is 172 Å². The molecule has 0 aromatic carbocycles. The van der Waals surface area contributed by atoms with Gasteiger partial charge in [0.25, 0.3) is 0 Å². The molecule has 40 nitrogen and oxygen atoms in total. The van der Waals surface area contributed by atoms with Crippen LogP contribution < -0.4 is 70.0 Å². The highest BCUT2D eigenvalue weighted by Gasteiger charge is 2.35. The molecule has 8 atom stereocenters. The number of H-pyrrole nitrogens is 1. The molecule has 0 radical (unpaired) electrons. The predicted molar refractivity (Wildman–Crippen MR) is 390 cm³/mol. The number of tetrazole rings is 1. The first-order valence-electron chi connectivity index (χ1n) is 37.1. The van der Waals surface area contributed by atoms with E-state index in [9.17, 15) is 82.4 Å². The number of nitrogens with two attached hydrogens (primary N) is 2. The summed E-state index contributed by atoms with van der Waals surface area (Å²) in [6.07, 6.45) is 16.4. The number of carbonyl (C=O) groups is 14. The number of aliphatic hydroxyl groups excluding tert-OH is 3. The lowest BCUT2D eigenvalue weighted by atomic mass is 10.0. The number of primary amides is 2. The summed E-state index contributed by atoms with van der Waals surface area (Å²) in [6, 6.07) is -12.0. The molecule has 0 spiro atoms. The van der Waals surface area contributed by atoms with Gasteiger partial charge in [-0.05, 0) is 80.2 Å². The van der Waals surface area contributed by atoms with E-state index in [0.717, 1.165) is 44.3 Å². The zero-order chi connectivity index (χ0) is 80.4. The molecule has 0 bridgehead atoms. The number of unbranched alkanes of at least 4 members (excludes halogenated alkanes) is 13. The van der Waals surface area contributed by atoms with Crippen molar-refractivity contribution in [2.24, 2.45) is 11.5 Å². The topological polar surface area (TPSA) is 582 Å². The summed E-state index contributed by atoms with van der Waals surface area (Å²) >= 11 is 0. The number of nitrogens with one attached hydrogen (secondary N) is 12. The molecule has 0 aliphatic carbocycles. The Morgan fingerprint density at radius 1 is 0.435 bits per heavy atom. The van der Waals surface area contributed by atoms with Crippen LogP contribution in [0.3, 0.4) is 0 Å². The van der Waals surface area contributed by atoms with E-state index in [1.807, 2.05) is 6.92 Å². The maximum atomic E-state index is 14.0. The van der Waals surface area contributed by atoms with Gasteiger partial charge in [0, 0.05) is 45.3 Å². The van der Waals surface area contributed by atoms with Gasteiger partial charge >= 0.3 is 0 Å². The van der Waals surface area contributed by atoms with Crippen molar-refractivity contribution < 1.29 is 101 Å². The molecule has 0 unspecified atom stereocenters. The number of likely N-dealkylation sites (N-methyl/N-ethyl adjacent to an activating group) is 1. The zero-order valence-corrected chi connectivity index (χ0v) is 63.8. The van der Waals surface area contributed by atoms with E-state index >= 15 is 0 Å². The van der Waals surface area contributed by atoms with E-state index in [1.54, 1.807) is 33.1 Å². The van der Waals surface area contributed by atoms with Crippen molar-refractivity contribution in [3.05, 3.63) is 5.82 Å². The Morgan fingerprint density at radius 2 is 0.852 bits per heavy atom. The molecule has 0 fully saturated rings. The van der Waals surface area contributed by atoms with E-state index in [-0.39, 0.29) is 83.3 Å². The van der Waals surface area contributed by atoms with Crippen LogP contribution in [0.2, 0.25) is 0 Å². The molecule has 19 N–H and O–H groups in total. The average Bonchev–Trinajstić information content (AvgIpc) is 0.975. The van der Waals surface area contributed by atoms with E-state index in [2.05, 4.69) is 79.1 Å². The highest BCUT2D eigenvalue weighted by atomic mass is 16.5. The molecule has 40 heteroatoms. The van der Waals surface area contributed by atoms with Gasteiger partial charge in [0.2, 0.25) is 76.8 Å². The Morgan fingerprint density at radius 3 is 1.30 bits per heavy atom. The van der Waals surface area contributed by atoms with Gasteiger partial charge in [-0.1, -0.05) is 95.6 Å². The van der Waals surface area contributed by atoms with Crippen LogP contribution in [0.15, 0.2) is 0 Å². The summed E-state index contributed by atoms with van der Waals surface area (Å²) in [4.78, 5) is 184. The fourth-order valence-electron chi connectivity index (χ4n) is 10.3. The van der Waals surface area contributed by atoms with Crippen molar-refractivity contribution in [1.29, 1.82) is 0 Å². The van der Waals surface area contributed by atoms with Crippen molar-refractivity contribution in [2.45, 2.75) is 210 Å². The summed E-state index contributed by atoms with van der Waals surface area (Å²) in [7, 11) is 6.36. The first-order chi connectivity index (χ1) is 51.6. The van der Waals surface area contributed by atoms with Crippen molar-refractivity contribution in [2.75, 3.05) is 134 Å². The number of hydrogen-bond acceptors (Lipinski definition) is 26. The van der Waals surface area contributed by atoms with E-state index in [1.165, 1.54) is 69.6 Å². The van der Waals surface area contributed by atoms with Crippen molar-refractivity contribution >= 4 is 82.6 Å². The first-order valence-corrected chi connectivity index (χ1v) is 37.1. The minimum Gasteiger partial charge on any atom is -0.394 e. The summed E-state index contributed by atoms with van der Waals surface area (Å²) in [5.74, 6) is -10.7. The van der Waals surface area contributed by atoms with Gasteiger partial charge < -0.3 is 109 Å². The standard InChI is InChI=1S/C68H123N19O21/c1-7-8-22-47(46(2)91)76-68(104)54(87(5)6)39-74-62(98)51(41-88)80-63(99)48(25-27-55(69)92)77-65(101)50(29-32-86(3)4)79-67(103)53(43-90)81-64(100)49(26-28-56(70)93)78-66(102)52(42-89)75-59(95)40-73-61(97)45-108-38-36-106-34-31-72-60(96)44-107-37-35-105-33-30-71-58(94)24-21-19-17-15-13-11-9-10-12-14-16-18-20-23-57-82-84-85-83-57/h47-54,88-90H,7-45H2,1-6H3,(H2,69,92)(H2,70,93)(H,71,94)(H,72,96)(H,73,97)(H,74,98)(H,75,95)(H,76,104)(H,77,101)(H,78,102)(H,79,103)(H,80,99)(H,81,100)(H,82,83,84,85)/t47-,48-,49-,50-,51-,52+,53-,54-/m0/s1. The largest absolute Gasteiger partial charge is 0.394 e. The van der Waals surface area contributed by atoms with E-state index in [0.29, 0.717) is 32.4 Å². The van der Waals surface area contributed by atoms with Crippen LogP contribution in [0.5, 0.6) is 0 Å². The van der Waals surface area contributed by atoms with Crippen LogP contribution in [0.4, 0.5) is 0 Å². The molecular weight excluding hydrogens is 1420 g/mol. The lowest BCUT2D eigenvalue weighted by Gasteiger charge is -2.28. The molecule has 1 aromatic heterocycles. The number of aromatic nitrogens is 4. The molecule has 616 valence electrons. The molecular formula is C68H123N19O21. The SMILES string of the molecule is CCCC[C@H](NC(=O)[C@H](CNC(=O)[C@H](CO)NC(=O)[C@H](CCC(N)=O)NC(=O)[C@H](CCN(C)C)NC(=O)[C@H](CO)NC(=O)[C@H](CCC(N)=O)NC(=O)[C@@H](CO)NC(=O)CNC(=O)COCCOCCNC(=O)COCCOCCNC(=O)CCCCCCCCCCCCCCCc1nn[nH]n1)N(C)C)C(C)=O. The summed E-state index contributed by atoms with van der Waals surface area (Å²) in [5, 5.41) is 71.2. The van der Waals surface area contributed by atoms with Gasteiger partial charge in [0.1, 0.15) is 55.5 Å². The molecule has 1 heterocycles. The fourth-order valence-corrected chi connectivity index (χ4v) is 10.3. The van der Waals surface area contributed by atoms with Gasteiger partial charge in [-0.25, -0.2) is 0 Å².